The van der Waals surface area contributed by atoms with Gasteiger partial charge in [0.05, 0.1) is 0 Å². The van der Waals surface area contributed by atoms with E-state index >= 15 is 0 Å². The van der Waals surface area contributed by atoms with Crippen molar-refractivity contribution in [1.29, 1.82) is 0 Å². The van der Waals surface area contributed by atoms with Crippen LogP contribution in [0.5, 0.6) is 0 Å². The summed E-state index contributed by atoms with van der Waals surface area (Å²) in [6, 6.07) is 0. The van der Waals surface area contributed by atoms with Crippen LogP contribution in [0, 0.1) is 0 Å². The van der Waals surface area contributed by atoms with Crippen molar-refractivity contribution in [2.75, 3.05) is 6.54 Å². The maximum atomic E-state index is 9.07. The van der Waals surface area contributed by atoms with Crippen molar-refractivity contribution in [1.82, 2.24) is 10.6 Å². The molecule has 0 radical (unpaired) electrons. The molecule has 3 N–H and O–H groups in total. The van der Waals surface area contributed by atoms with Crippen LogP contribution in [0.2, 0.25) is 0 Å². The van der Waals surface area contributed by atoms with E-state index in [4.69, 9.17) is 5.11 Å². The Labute approximate surface area is 62.1 Å². The molecule has 0 aromatic rings. The summed E-state index contributed by atoms with van der Waals surface area (Å²) in [7, 11) is 0. The molecule has 0 fully saturated rings. The summed E-state index contributed by atoms with van der Waals surface area (Å²) in [5.74, 6) is 0. The van der Waals surface area contributed by atoms with Gasteiger partial charge in [-0.2, -0.15) is 0 Å². The Kier molecular flexibility index (Phi) is 4.98. The van der Waals surface area contributed by atoms with Crippen LogP contribution in [0.1, 0.15) is 20.3 Å². The fourth-order valence-electron chi connectivity index (χ4n) is 0.540. The Hall–Kier alpha value is -0.540. The lowest BCUT2D eigenvalue weighted by Gasteiger charge is -2.14. The number of nitrogens with one attached hydrogen (secondary N) is 2. The van der Waals surface area contributed by atoms with E-state index in [0.717, 1.165) is 18.7 Å². The molecule has 0 heterocycles. The Balaban J connectivity index is 3.37. The number of aliphatic hydroxyl groups excluding tert-OH is 1. The number of rotatable bonds is 5. The highest BCUT2D eigenvalue weighted by atomic mass is 16.3. The third-order valence-electron chi connectivity index (χ3n) is 1.17. The molecule has 1 atom stereocenters. The first-order valence-corrected chi connectivity index (χ1v) is 3.56. The Morgan fingerprint density at radius 3 is 2.60 bits per heavy atom. The van der Waals surface area contributed by atoms with E-state index in [1.54, 1.807) is 0 Å². The lowest BCUT2D eigenvalue weighted by Crippen LogP contribution is -2.40. The second-order valence-corrected chi connectivity index (χ2v) is 2.06. The highest BCUT2D eigenvalue weighted by Gasteiger charge is 1.98. The Morgan fingerprint density at radius 1 is 1.60 bits per heavy atom. The van der Waals surface area contributed by atoms with Crippen molar-refractivity contribution >= 4 is 0 Å². The minimum absolute atomic E-state index is 0.655. The molecule has 0 aliphatic heterocycles. The van der Waals surface area contributed by atoms with Gasteiger partial charge in [-0.3, -0.25) is 5.32 Å². The second-order valence-electron chi connectivity index (χ2n) is 2.06. The molecule has 1 unspecified atom stereocenters. The van der Waals surface area contributed by atoms with Crippen LogP contribution in [-0.2, 0) is 0 Å². The number of aliphatic hydroxyl groups is 1. The van der Waals surface area contributed by atoms with Gasteiger partial charge >= 0.3 is 0 Å². The van der Waals surface area contributed by atoms with Gasteiger partial charge in [0.2, 0.25) is 0 Å². The van der Waals surface area contributed by atoms with Gasteiger partial charge in [-0.15, -0.1) is 0 Å². The highest BCUT2D eigenvalue weighted by Crippen LogP contribution is 1.89. The van der Waals surface area contributed by atoms with E-state index in [2.05, 4.69) is 17.2 Å². The van der Waals surface area contributed by atoms with Crippen molar-refractivity contribution in [3.05, 3.63) is 12.3 Å². The van der Waals surface area contributed by atoms with Gasteiger partial charge in [-0.05, 0) is 13.0 Å². The van der Waals surface area contributed by atoms with Gasteiger partial charge in [0.15, 0.2) is 6.35 Å². The molecule has 0 saturated carbocycles. The molecule has 3 nitrogen and oxygen atoms in total. The summed E-state index contributed by atoms with van der Waals surface area (Å²) >= 11 is 0. The van der Waals surface area contributed by atoms with Crippen molar-refractivity contribution in [2.24, 2.45) is 0 Å². The largest absolute Gasteiger partial charge is 0.361 e. The summed E-state index contributed by atoms with van der Waals surface area (Å²) in [5, 5.41) is 14.6. The standard InChI is InChI=1S/C7H16N2O/c1-4-6(3)9-7(10)8-5-2/h7-10H,3-5H2,1-2H3. The second kappa shape index (κ2) is 5.26. The highest BCUT2D eigenvalue weighted by molar-refractivity contribution is 4.89. The van der Waals surface area contributed by atoms with E-state index < -0.39 is 6.35 Å². The predicted molar refractivity (Wildman–Crippen MR) is 42.3 cm³/mol. The topological polar surface area (TPSA) is 44.3 Å². The van der Waals surface area contributed by atoms with Gasteiger partial charge in [0.25, 0.3) is 0 Å². The first-order chi connectivity index (χ1) is 4.70. The SMILES string of the molecule is C=C(CC)NC(O)NCC. The van der Waals surface area contributed by atoms with Gasteiger partial charge in [-0.1, -0.05) is 20.4 Å². The monoisotopic (exact) mass is 144 g/mol. The van der Waals surface area contributed by atoms with Crippen LogP contribution in [0.25, 0.3) is 0 Å². The lowest BCUT2D eigenvalue weighted by atomic mass is 10.4. The molecule has 3 heteroatoms. The summed E-state index contributed by atoms with van der Waals surface area (Å²) < 4.78 is 0. The third-order valence-corrected chi connectivity index (χ3v) is 1.17. The smallest absolute Gasteiger partial charge is 0.181 e. The molecule has 0 rings (SSSR count). The predicted octanol–water partition coefficient (Wildman–Crippen LogP) is 0.385. The molecule has 0 saturated heterocycles. The average molecular weight is 144 g/mol. The molecule has 0 aromatic carbocycles. The van der Waals surface area contributed by atoms with Crippen LogP contribution < -0.4 is 10.6 Å². The van der Waals surface area contributed by atoms with Crippen molar-refractivity contribution < 1.29 is 5.11 Å². The molecule has 0 aliphatic rings. The molecule has 10 heavy (non-hydrogen) atoms. The van der Waals surface area contributed by atoms with Gasteiger partial charge in [-0.25, -0.2) is 0 Å². The quantitative estimate of drug-likeness (QED) is 0.489. The summed E-state index contributed by atoms with van der Waals surface area (Å²) in [4.78, 5) is 0. The van der Waals surface area contributed by atoms with Crippen molar-refractivity contribution in [3.63, 3.8) is 0 Å². The zero-order chi connectivity index (χ0) is 7.98. The van der Waals surface area contributed by atoms with E-state index in [1.807, 2.05) is 13.8 Å². The van der Waals surface area contributed by atoms with E-state index in [9.17, 15) is 0 Å². The zero-order valence-corrected chi connectivity index (χ0v) is 6.65. The van der Waals surface area contributed by atoms with Crippen molar-refractivity contribution in [2.45, 2.75) is 26.6 Å². The number of hydrogen-bond donors (Lipinski definition) is 3. The molecule has 0 bridgehead atoms. The summed E-state index contributed by atoms with van der Waals surface area (Å²) in [6.07, 6.45) is 0.181. The maximum absolute atomic E-state index is 9.07. The van der Waals surface area contributed by atoms with E-state index in [1.165, 1.54) is 0 Å². The fraction of sp³-hybridized carbons (Fsp3) is 0.714. The molecule has 60 valence electrons. The van der Waals surface area contributed by atoms with Crippen LogP contribution in [0.15, 0.2) is 12.3 Å². The van der Waals surface area contributed by atoms with Crippen LogP contribution >= 0.6 is 0 Å². The fourth-order valence-corrected chi connectivity index (χ4v) is 0.540. The first-order valence-electron chi connectivity index (χ1n) is 3.56. The molecular formula is C7H16N2O. The third kappa shape index (κ3) is 4.35. The molecule has 0 aromatic heterocycles. The zero-order valence-electron chi connectivity index (χ0n) is 6.65. The van der Waals surface area contributed by atoms with Gasteiger partial charge in [0.1, 0.15) is 0 Å². The molecule has 0 spiro atoms. The van der Waals surface area contributed by atoms with Gasteiger partial charge in [0, 0.05) is 5.70 Å². The summed E-state index contributed by atoms with van der Waals surface area (Å²) in [5.41, 5.74) is 0.841. The van der Waals surface area contributed by atoms with Crippen molar-refractivity contribution in [3.8, 4) is 0 Å². The van der Waals surface area contributed by atoms with Crippen LogP contribution in [0.4, 0.5) is 0 Å². The Bertz CT molecular complexity index is 104. The average Bonchev–Trinajstić information content (AvgIpc) is 1.88. The molecule has 0 amide bonds. The summed E-state index contributed by atoms with van der Waals surface area (Å²) in [6.45, 7) is 8.34. The normalized spacial score (nSPS) is 12.7. The maximum Gasteiger partial charge on any atom is 0.181 e. The lowest BCUT2D eigenvalue weighted by molar-refractivity contribution is 0.114. The molecular weight excluding hydrogens is 128 g/mol. The first kappa shape index (κ1) is 9.46. The van der Waals surface area contributed by atoms with Crippen LogP contribution in [0.3, 0.4) is 0 Å². The molecule has 0 aliphatic carbocycles. The van der Waals surface area contributed by atoms with Crippen LogP contribution in [-0.4, -0.2) is 18.0 Å². The number of hydrogen-bond acceptors (Lipinski definition) is 3. The number of allylic oxidation sites excluding steroid dienone is 1. The van der Waals surface area contributed by atoms with E-state index in [0.29, 0.717) is 0 Å². The minimum atomic E-state index is -0.655. The van der Waals surface area contributed by atoms with Gasteiger partial charge < -0.3 is 10.4 Å². The Morgan fingerprint density at radius 2 is 2.20 bits per heavy atom. The van der Waals surface area contributed by atoms with E-state index in [-0.39, 0.29) is 0 Å². The minimum Gasteiger partial charge on any atom is -0.361 e.